The largest absolute Gasteiger partial charge is 0.346 e. The van der Waals surface area contributed by atoms with Crippen LogP contribution in [0.2, 0.25) is 0 Å². The molecule has 3 heteroatoms. The second kappa shape index (κ2) is 5.01. The number of aliphatic imine (C=N–C) groups is 1. The molecule has 0 amide bonds. The van der Waals surface area contributed by atoms with Crippen LogP contribution in [0.3, 0.4) is 0 Å². The minimum Gasteiger partial charge on any atom is -0.346 e. The van der Waals surface area contributed by atoms with E-state index in [1.165, 1.54) is 0 Å². The van der Waals surface area contributed by atoms with E-state index in [9.17, 15) is 0 Å². The van der Waals surface area contributed by atoms with E-state index < -0.39 is 0 Å². The molecule has 0 aromatic carbocycles. The van der Waals surface area contributed by atoms with Gasteiger partial charge in [-0.3, -0.25) is 0 Å². The molecule has 1 atom stereocenters. The fourth-order valence-electron chi connectivity index (χ4n) is 0.994. The van der Waals surface area contributed by atoms with Crippen molar-refractivity contribution in [2.75, 3.05) is 0 Å². The first-order chi connectivity index (χ1) is 6.65. The maximum atomic E-state index is 5.81. The summed E-state index contributed by atoms with van der Waals surface area (Å²) in [6, 6.07) is 1.87. The second-order valence-electron chi connectivity index (χ2n) is 3.31. The van der Waals surface area contributed by atoms with E-state index in [0.29, 0.717) is 11.0 Å². The number of aromatic nitrogens is 1. The smallest absolute Gasteiger partial charge is 0.138 e. The third-order valence-corrected chi connectivity index (χ3v) is 2.32. The van der Waals surface area contributed by atoms with Crippen LogP contribution in [0, 0.1) is 5.92 Å². The summed E-state index contributed by atoms with van der Waals surface area (Å²) in [5.74, 6) is 1.26. The Morgan fingerprint density at radius 3 is 3.07 bits per heavy atom. The molecule has 14 heavy (non-hydrogen) atoms. The van der Waals surface area contributed by atoms with Gasteiger partial charge in [0.1, 0.15) is 5.82 Å². The number of nitrogens with one attached hydrogen (secondary N) is 1. The van der Waals surface area contributed by atoms with Gasteiger partial charge >= 0.3 is 0 Å². The molecule has 0 saturated heterocycles. The van der Waals surface area contributed by atoms with Gasteiger partial charge in [0.2, 0.25) is 0 Å². The Morgan fingerprint density at radius 1 is 1.79 bits per heavy atom. The lowest BCUT2D eigenvalue weighted by molar-refractivity contribution is 0.754. The molecule has 1 N–H and O–H groups in total. The van der Waals surface area contributed by atoms with Crippen molar-refractivity contribution in [1.29, 1.82) is 0 Å². The number of halogens is 1. The third kappa shape index (κ3) is 2.74. The molecule has 1 unspecified atom stereocenters. The zero-order chi connectivity index (χ0) is 10.6. The van der Waals surface area contributed by atoms with Crippen molar-refractivity contribution in [2.24, 2.45) is 10.9 Å². The van der Waals surface area contributed by atoms with Crippen LogP contribution in [0.1, 0.15) is 25.8 Å². The lowest BCUT2D eigenvalue weighted by Crippen LogP contribution is -1.91. The number of H-pyrrole nitrogens is 1. The maximum Gasteiger partial charge on any atom is 0.138 e. The van der Waals surface area contributed by atoms with Gasteiger partial charge < -0.3 is 4.98 Å². The summed E-state index contributed by atoms with van der Waals surface area (Å²) in [5.41, 5.74) is 0.867. The standard InChI is InChI=1S/C11H15ClN2/c1-4-8(2)7-14-11-10(9(3)12)5-6-13-11/h5-8,13H,3-4H2,1-2H3. The molecule has 1 aromatic heterocycles. The van der Waals surface area contributed by atoms with Crippen molar-refractivity contribution in [3.8, 4) is 0 Å². The molecule has 0 aliphatic rings. The van der Waals surface area contributed by atoms with Crippen molar-refractivity contribution in [3.63, 3.8) is 0 Å². The van der Waals surface area contributed by atoms with Crippen LogP contribution < -0.4 is 0 Å². The Kier molecular flexibility index (Phi) is 3.96. The lowest BCUT2D eigenvalue weighted by atomic mass is 10.1. The van der Waals surface area contributed by atoms with Gasteiger partial charge in [0.25, 0.3) is 0 Å². The predicted molar refractivity (Wildman–Crippen MR) is 63.3 cm³/mol. The summed E-state index contributed by atoms with van der Waals surface area (Å²) in [6.07, 6.45) is 4.82. The third-order valence-electron chi connectivity index (χ3n) is 2.12. The van der Waals surface area contributed by atoms with Crippen LogP contribution in [0.4, 0.5) is 5.82 Å². The minimum atomic E-state index is 0.481. The minimum absolute atomic E-state index is 0.481. The molecule has 1 heterocycles. The summed E-state index contributed by atoms with van der Waals surface area (Å²) in [5, 5.41) is 0.516. The van der Waals surface area contributed by atoms with Crippen molar-refractivity contribution in [1.82, 2.24) is 4.98 Å². The Labute approximate surface area is 89.7 Å². The fourth-order valence-corrected chi connectivity index (χ4v) is 1.15. The Balaban J connectivity index is 2.81. The van der Waals surface area contributed by atoms with Gasteiger partial charge in [-0.25, -0.2) is 4.99 Å². The first-order valence-electron chi connectivity index (χ1n) is 4.71. The van der Waals surface area contributed by atoms with Crippen molar-refractivity contribution < 1.29 is 0 Å². The summed E-state index contributed by atoms with van der Waals surface area (Å²) < 4.78 is 0. The molecule has 0 aliphatic carbocycles. The average Bonchev–Trinajstić information content (AvgIpc) is 2.62. The van der Waals surface area contributed by atoms with Gasteiger partial charge in [-0.2, -0.15) is 0 Å². The molecule has 0 spiro atoms. The summed E-state index contributed by atoms with van der Waals surface area (Å²) in [7, 11) is 0. The molecule has 0 aliphatic heterocycles. The van der Waals surface area contributed by atoms with Crippen molar-refractivity contribution >= 4 is 28.7 Å². The quantitative estimate of drug-likeness (QED) is 0.729. The first-order valence-corrected chi connectivity index (χ1v) is 5.09. The fraction of sp³-hybridized carbons (Fsp3) is 0.364. The molecule has 0 fully saturated rings. The first kappa shape index (κ1) is 11.1. The Hall–Kier alpha value is -1.02. The molecule has 0 bridgehead atoms. The molecule has 0 radical (unpaired) electrons. The summed E-state index contributed by atoms with van der Waals surface area (Å²) in [6.45, 7) is 7.94. The highest BCUT2D eigenvalue weighted by Crippen LogP contribution is 2.26. The van der Waals surface area contributed by atoms with Gasteiger partial charge in [-0.1, -0.05) is 32.0 Å². The van der Waals surface area contributed by atoms with Crippen LogP contribution in [-0.4, -0.2) is 11.2 Å². The van der Waals surface area contributed by atoms with Gasteiger partial charge in [0, 0.05) is 23.0 Å². The van der Waals surface area contributed by atoms with Gasteiger partial charge in [0.05, 0.1) is 0 Å². The van der Waals surface area contributed by atoms with Gasteiger partial charge in [-0.05, 0) is 18.4 Å². The molecular weight excluding hydrogens is 196 g/mol. The van der Waals surface area contributed by atoms with Crippen molar-refractivity contribution in [3.05, 3.63) is 24.4 Å². The SMILES string of the molecule is C=C(Cl)c1cc[nH]c1N=CC(C)CC. The van der Waals surface area contributed by atoms with Crippen LogP contribution in [0.15, 0.2) is 23.8 Å². The molecular formula is C11H15ClN2. The highest BCUT2D eigenvalue weighted by molar-refractivity contribution is 6.48. The Morgan fingerprint density at radius 2 is 2.50 bits per heavy atom. The number of hydrogen-bond acceptors (Lipinski definition) is 1. The number of hydrogen-bond donors (Lipinski definition) is 1. The molecule has 76 valence electrons. The van der Waals surface area contributed by atoms with Crippen LogP contribution in [-0.2, 0) is 0 Å². The normalized spacial score (nSPS) is 13.4. The maximum absolute atomic E-state index is 5.81. The zero-order valence-electron chi connectivity index (χ0n) is 8.55. The highest BCUT2D eigenvalue weighted by atomic mass is 35.5. The lowest BCUT2D eigenvalue weighted by Gasteiger charge is -1.99. The van der Waals surface area contributed by atoms with Gasteiger partial charge in [-0.15, -0.1) is 0 Å². The van der Waals surface area contributed by atoms with Gasteiger partial charge in [0.15, 0.2) is 0 Å². The average molecular weight is 211 g/mol. The second-order valence-corrected chi connectivity index (χ2v) is 3.76. The monoisotopic (exact) mass is 210 g/mol. The highest BCUT2D eigenvalue weighted by Gasteiger charge is 2.03. The number of aromatic amines is 1. The Bertz CT molecular complexity index is 339. The number of nitrogens with zero attached hydrogens (tertiary/aromatic N) is 1. The molecule has 1 rings (SSSR count). The van der Waals surface area contributed by atoms with E-state index in [0.717, 1.165) is 17.8 Å². The van der Waals surface area contributed by atoms with Crippen molar-refractivity contribution in [2.45, 2.75) is 20.3 Å². The molecule has 2 nitrogen and oxygen atoms in total. The van der Waals surface area contributed by atoms with Crippen LogP contribution >= 0.6 is 11.6 Å². The van der Waals surface area contributed by atoms with Crippen LogP contribution in [0.25, 0.3) is 5.03 Å². The van der Waals surface area contributed by atoms with E-state index in [4.69, 9.17) is 11.6 Å². The summed E-state index contributed by atoms with van der Waals surface area (Å²) in [4.78, 5) is 7.36. The molecule has 0 saturated carbocycles. The summed E-state index contributed by atoms with van der Waals surface area (Å²) >= 11 is 5.81. The van der Waals surface area contributed by atoms with E-state index in [1.807, 2.05) is 18.5 Å². The van der Waals surface area contributed by atoms with Crippen LogP contribution in [0.5, 0.6) is 0 Å². The zero-order valence-corrected chi connectivity index (χ0v) is 9.30. The molecule has 1 aromatic rings. The van der Waals surface area contributed by atoms with E-state index in [2.05, 4.69) is 30.4 Å². The van der Waals surface area contributed by atoms with E-state index in [-0.39, 0.29) is 0 Å². The topological polar surface area (TPSA) is 28.1 Å². The van der Waals surface area contributed by atoms with E-state index >= 15 is 0 Å². The number of rotatable bonds is 4. The van der Waals surface area contributed by atoms with E-state index in [1.54, 1.807) is 0 Å². The predicted octanol–water partition coefficient (Wildman–Crippen LogP) is 3.97.